The van der Waals surface area contributed by atoms with Crippen LogP contribution in [0.2, 0.25) is 0 Å². The minimum atomic E-state index is 0.0257. The van der Waals surface area contributed by atoms with E-state index in [4.69, 9.17) is 37.9 Å². The predicted octanol–water partition coefficient (Wildman–Crippen LogP) is 32.5. The highest BCUT2D eigenvalue weighted by molar-refractivity contribution is 5.82. The molecule has 10 heteroatoms. The Bertz CT molecular complexity index is 4790. The maximum Gasteiger partial charge on any atom is 0.126 e. The van der Waals surface area contributed by atoms with E-state index in [-0.39, 0.29) is 43.8 Å². The molecule has 2 aromatic heterocycles. The van der Waals surface area contributed by atoms with Gasteiger partial charge in [0.2, 0.25) is 0 Å². The largest absolute Gasteiger partial charge is 0.497 e. The van der Waals surface area contributed by atoms with Crippen LogP contribution in [0.1, 0.15) is 291 Å². The highest BCUT2D eigenvalue weighted by Crippen LogP contribution is 2.43. The molecule has 0 radical (unpaired) electrons. The van der Waals surface area contributed by atoms with E-state index < -0.39 is 0 Å². The van der Waals surface area contributed by atoms with Crippen molar-refractivity contribution >= 4 is 16.8 Å². The van der Waals surface area contributed by atoms with Gasteiger partial charge in [0, 0.05) is 60.0 Å². The van der Waals surface area contributed by atoms with E-state index in [9.17, 15) is 0 Å². The zero-order chi connectivity index (χ0) is 96.8. The van der Waals surface area contributed by atoms with Gasteiger partial charge in [0.15, 0.2) is 0 Å². The first-order valence-electron chi connectivity index (χ1n) is 45.2. The van der Waals surface area contributed by atoms with Gasteiger partial charge in [-0.1, -0.05) is 342 Å². The maximum atomic E-state index is 5.33. The third-order valence-electron chi connectivity index (χ3n) is 20.4. The first kappa shape index (κ1) is 113. The molecular weight excluding hydrogens is 1560 g/mol. The summed E-state index contributed by atoms with van der Waals surface area (Å²) >= 11 is 0. The number of benzene rings is 9. The summed E-state index contributed by atoms with van der Waals surface area (Å²) in [5, 5.41) is 2.63. The van der Waals surface area contributed by atoms with E-state index in [0.29, 0.717) is 22.2 Å². The highest BCUT2D eigenvalue weighted by Gasteiger charge is 2.29. The molecule has 2 heterocycles. The van der Waals surface area contributed by atoms with Crippen molar-refractivity contribution in [1.82, 2.24) is 9.13 Å². The Morgan fingerprint density at radius 1 is 0.299 bits per heavy atom. The molecule has 1 aliphatic rings. The minimum absolute atomic E-state index is 0.0257. The normalized spacial score (nSPS) is 12.4. The smallest absolute Gasteiger partial charge is 0.126 e. The second kappa shape index (κ2) is 51.3. The molecule has 0 spiro atoms. The maximum absolute atomic E-state index is 5.33. The van der Waals surface area contributed by atoms with E-state index >= 15 is 0 Å². The molecule has 9 aromatic carbocycles. The first-order valence-corrected chi connectivity index (χ1v) is 45.2. The molecule has 0 fully saturated rings. The molecule has 1 unspecified atom stereocenters. The molecule has 0 amide bonds. The predicted molar refractivity (Wildman–Crippen MR) is 552 cm³/mol. The zero-order valence-electron chi connectivity index (χ0n) is 87.1. The van der Waals surface area contributed by atoms with Gasteiger partial charge in [0.1, 0.15) is 40.2 Å². The van der Waals surface area contributed by atoms with Crippen LogP contribution in [0.25, 0.3) is 16.8 Å². The summed E-state index contributed by atoms with van der Waals surface area (Å²) in [4.78, 5) is 0. The SMILES string of the molecule is CC(C)(C)C1C=Cc2ccccc21.CC(C)(C)Cc1ccccc1.CC(C)(C)c1ccccc1.CC(C)(C)n1cc2ccccc2c1.CC(C)(C)n1cccc1.CCOC(C)(C)C.COc1ccc(C(C)(C)C)c(OC)c1.COc1ccc(C(C)(C)C)cc1.COc1cccc(C(C)(C)C)c1.COc1cccc(OC)c1C(C)(C)C.COc1ccccc1C(C)(C)C. The van der Waals surface area contributed by atoms with Crippen molar-refractivity contribution in [3.05, 3.63) is 311 Å². The summed E-state index contributed by atoms with van der Waals surface area (Å²) in [6.45, 7) is 75.2. The van der Waals surface area contributed by atoms with Gasteiger partial charge >= 0.3 is 0 Å². The lowest BCUT2D eigenvalue weighted by Gasteiger charge is -2.26. The standard InChI is InChI=1S/C13H16.C12H15N.2C12H18O2.3C11H16O.C11H16.C10H14.C8H13N.C6H14O/c1-13(2,3)12-9-8-10-6-4-5-7-11(10)12;1-12(2,3)13-8-10-6-4-5-7-11(10)9-13;1-12(2,3)10-7-6-9(13-4)8-11(10)14-5;1-12(2,3)11-9(13-4)7-6-8-10(11)14-5;1-11(2,3)9-5-7-10(12-4)8-6-9;1-11(2,3)9-6-5-7-10(8-9)12-4;1-11(2,3)9-7-5-6-8-10(9)12-4;1-11(2,3)9-10-7-5-4-6-8-10;1-10(2,3)9-7-5-4-6-8-9;1-8(2,3)9-6-4-5-7-9;1-5-7-6(2,3)4/h4-9,12H,1-3H3;4-9H,1-3H3;2*6-8H,1-5H3;3*5-8H,1-4H3;4-8H,9H2,1-3H3;4-8H,1-3H3;4-7H,1-3H3;5H2,1-4H3. The molecule has 10 nitrogen and oxygen atoms in total. The fourth-order valence-electron chi connectivity index (χ4n) is 13.3. The number of fused-ring (bicyclic) bond motifs is 2. The van der Waals surface area contributed by atoms with Crippen molar-refractivity contribution in [3.8, 4) is 40.2 Å². The molecule has 12 rings (SSSR count). The van der Waals surface area contributed by atoms with Gasteiger partial charge in [-0.05, 0) is 235 Å². The lowest BCUT2D eigenvalue weighted by atomic mass is 9.78. The number of rotatable bonds is 9. The van der Waals surface area contributed by atoms with Crippen molar-refractivity contribution in [2.45, 2.75) is 297 Å². The molecule has 0 saturated heterocycles. The van der Waals surface area contributed by atoms with Gasteiger partial charge in [-0.15, -0.1) is 0 Å². The molecule has 0 saturated carbocycles. The molecule has 11 aromatic rings. The summed E-state index contributed by atoms with van der Waals surface area (Å²) in [5.41, 5.74) is 14.1. The van der Waals surface area contributed by atoms with Crippen molar-refractivity contribution in [2.75, 3.05) is 56.4 Å². The van der Waals surface area contributed by atoms with Crippen molar-refractivity contribution in [2.24, 2.45) is 10.8 Å². The third kappa shape index (κ3) is 43.2. The van der Waals surface area contributed by atoms with E-state index in [0.717, 1.165) is 58.8 Å². The molecule has 0 bridgehead atoms. The van der Waals surface area contributed by atoms with Gasteiger partial charge in [0.25, 0.3) is 0 Å². The minimum Gasteiger partial charge on any atom is -0.497 e. The van der Waals surface area contributed by atoms with Crippen molar-refractivity contribution < 1.29 is 37.9 Å². The lowest BCUT2D eigenvalue weighted by molar-refractivity contribution is 0.00530. The van der Waals surface area contributed by atoms with E-state index in [2.05, 4.69) is 420 Å². The average Bonchev–Trinajstić information content (AvgIpc) is 1.70. The Morgan fingerprint density at radius 2 is 0.685 bits per heavy atom. The fraction of sp³-hybridized carbons (Fsp3) is 0.470. The quantitative estimate of drug-likeness (QED) is 0.141. The van der Waals surface area contributed by atoms with Crippen LogP contribution in [0.5, 0.6) is 40.2 Å². The van der Waals surface area contributed by atoms with Crippen molar-refractivity contribution in [1.29, 1.82) is 0 Å². The number of nitrogens with zero attached hydrogens (tertiary/aromatic N) is 2. The number of hydrogen-bond donors (Lipinski definition) is 0. The number of para-hydroxylation sites is 1. The molecule has 0 N–H and O–H groups in total. The van der Waals surface area contributed by atoms with Gasteiger partial charge in [0.05, 0.1) is 55.4 Å². The summed E-state index contributed by atoms with van der Waals surface area (Å²) in [5.74, 6) is 6.90. The number of hydrogen-bond acceptors (Lipinski definition) is 8. The zero-order valence-corrected chi connectivity index (χ0v) is 87.1. The van der Waals surface area contributed by atoms with Crippen LogP contribution >= 0.6 is 0 Å². The number of methoxy groups -OCH3 is 7. The van der Waals surface area contributed by atoms with Gasteiger partial charge in [-0.25, -0.2) is 0 Å². The van der Waals surface area contributed by atoms with Crippen LogP contribution in [0.3, 0.4) is 0 Å². The van der Waals surface area contributed by atoms with E-state index in [1.165, 1.54) is 55.3 Å². The van der Waals surface area contributed by atoms with E-state index in [1.54, 1.807) is 49.8 Å². The van der Waals surface area contributed by atoms with Crippen LogP contribution in [-0.2, 0) is 54.7 Å². The molecule has 1 aliphatic carbocycles. The first-order chi connectivity index (χ1) is 58.6. The Morgan fingerprint density at radius 3 is 1.06 bits per heavy atom. The van der Waals surface area contributed by atoms with Gasteiger partial charge < -0.3 is 47.0 Å². The summed E-state index contributed by atoms with van der Waals surface area (Å²) < 4.78 is 46.3. The summed E-state index contributed by atoms with van der Waals surface area (Å²) in [6, 6.07) is 78.8. The van der Waals surface area contributed by atoms with Crippen LogP contribution in [0.15, 0.2) is 261 Å². The lowest BCUT2D eigenvalue weighted by Crippen LogP contribution is -2.19. The summed E-state index contributed by atoms with van der Waals surface area (Å²) in [6.07, 6.45) is 14.3. The molecule has 1 atom stereocenters. The Hall–Kier alpha value is -9.90. The van der Waals surface area contributed by atoms with Crippen LogP contribution < -0.4 is 33.2 Å². The van der Waals surface area contributed by atoms with Crippen molar-refractivity contribution in [3.63, 3.8) is 0 Å². The second-order valence-corrected chi connectivity index (χ2v) is 43.5. The molecule has 127 heavy (non-hydrogen) atoms. The van der Waals surface area contributed by atoms with Gasteiger partial charge in [-0.2, -0.15) is 0 Å². The third-order valence-corrected chi connectivity index (χ3v) is 20.4. The number of ether oxygens (including phenoxy) is 8. The second-order valence-electron chi connectivity index (χ2n) is 43.5. The topological polar surface area (TPSA) is 83.7 Å². The highest BCUT2D eigenvalue weighted by atomic mass is 16.5. The monoisotopic (exact) mass is 1730 g/mol. The van der Waals surface area contributed by atoms with Crippen LogP contribution in [0.4, 0.5) is 0 Å². The molecule has 698 valence electrons. The Labute approximate surface area is 775 Å². The Balaban J connectivity index is 0.000000475. The number of aromatic nitrogens is 2. The molecule has 0 aliphatic heterocycles. The van der Waals surface area contributed by atoms with Crippen LogP contribution in [0, 0.1) is 10.8 Å². The fourth-order valence-corrected chi connectivity index (χ4v) is 13.3. The average molecular weight is 1730 g/mol. The number of allylic oxidation sites excluding steroid dienone is 1. The Kier molecular flexibility index (Phi) is 45.7. The van der Waals surface area contributed by atoms with Crippen LogP contribution in [-0.4, -0.2) is 71.1 Å². The van der Waals surface area contributed by atoms with Gasteiger partial charge in [-0.3, -0.25) is 0 Å². The molecular formula is C117H172N2O8. The summed E-state index contributed by atoms with van der Waals surface area (Å²) in [7, 11) is 11.8. The van der Waals surface area contributed by atoms with E-state index in [1.807, 2.05) is 91.9 Å².